The minimum absolute atomic E-state index is 0.598. The van der Waals surface area contributed by atoms with Gasteiger partial charge in [-0.3, -0.25) is 9.59 Å². The predicted octanol–water partition coefficient (Wildman–Crippen LogP) is 2.59. The van der Waals surface area contributed by atoms with E-state index in [0.717, 1.165) is 23.2 Å². The topological polar surface area (TPSA) is 74.6 Å². The SMILES string of the molecule is CCCC[Si](c1ccccc1)(c1ccccc1)C(C(=O)O)C(=O)O. The van der Waals surface area contributed by atoms with E-state index in [2.05, 4.69) is 0 Å². The van der Waals surface area contributed by atoms with E-state index < -0.39 is 25.6 Å². The molecule has 0 saturated heterocycles. The van der Waals surface area contributed by atoms with Gasteiger partial charge in [-0.15, -0.1) is 0 Å². The van der Waals surface area contributed by atoms with Crippen molar-refractivity contribution in [3.05, 3.63) is 60.7 Å². The number of carbonyl (C=O) groups is 2. The monoisotopic (exact) mass is 342 g/mol. The highest BCUT2D eigenvalue weighted by Crippen LogP contribution is 2.29. The fraction of sp³-hybridized carbons (Fsp3) is 0.263. The van der Waals surface area contributed by atoms with Crippen LogP contribution >= 0.6 is 0 Å². The van der Waals surface area contributed by atoms with Gasteiger partial charge in [-0.1, -0.05) is 90.8 Å². The molecule has 0 fully saturated rings. The van der Waals surface area contributed by atoms with Crippen LogP contribution in [-0.4, -0.2) is 30.2 Å². The third kappa shape index (κ3) is 3.41. The van der Waals surface area contributed by atoms with E-state index in [-0.39, 0.29) is 0 Å². The van der Waals surface area contributed by atoms with Crippen LogP contribution in [0.1, 0.15) is 19.8 Å². The second-order valence-electron chi connectivity index (χ2n) is 5.92. The van der Waals surface area contributed by atoms with Crippen molar-refractivity contribution in [1.29, 1.82) is 0 Å². The molecule has 0 amide bonds. The molecular formula is C19H22O4Si. The van der Waals surface area contributed by atoms with Crippen molar-refractivity contribution in [2.24, 2.45) is 0 Å². The number of benzene rings is 2. The summed E-state index contributed by atoms with van der Waals surface area (Å²) in [6, 6.07) is 19.3. The van der Waals surface area contributed by atoms with Gasteiger partial charge in [-0.2, -0.15) is 0 Å². The average Bonchev–Trinajstić information content (AvgIpc) is 2.59. The van der Waals surface area contributed by atoms with Crippen LogP contribution in [0.4, 0.5) is 0 Å². The molecule has 2 aromatic rings. The zero-order chi connectivity index (χ0) is 17.6. The maximum absolute atomic E-state index is 12.0. The molecule has 24 heavy (non-hydrogen) atoms. The van der Waals surface area contributed by atoms with Gasteiger partial charge in [0.25, 0.3) is 0 Å². The van der Waals surface area contributed by atoms with Crippen LogP contribution in [0.2, 0.25) is 11.6 Å². The van der Waals surface area contributed by atoms with Crippen LogP contribution in [0.15, 0.2) is 60.7 Å². The Morgan fingerprint density at radius 2 is 1.29 bits per heavy atom. The van der Waals surface area contributed by atoms with E-state index in [4.69, 9.17) is 0 Å². The number of carboxylic acid groups (broad SMARTS) is 2. The Labute approximate surface area is 142 Å². The summed E-state index contributed by atoms with van der Waals surface area (Å²) in [6.45, 7) is 2.03. The second-order valence-corrected chi connectivity index (χ2v) is 10.1. The number of aliphatic carboxylic acids is 2. The maximum Gasteiger partial charge on any atom is 0.315 e. The highest BCUT2D eigenvalue weighted by atomic mass is 28.3. The fourth-order valence-corrected chi connectivity index (χ4v) is 8.58. The quantitative estimate of drug-likeness (QED) is 0.571. The van der Waals surface area contributed by atoms with Crippen LogP contribution in [0.3, 0.4) is 0 Å². The van der Waals surface area contributed by atoms with Gasteiger partial charge in [0.1, 0.15) is 8.07 Å². The number of carboxylic acids is 2. The van der Waals surface area contributed by atoms with Gasteiger partial charge in [0.15, 0.2) is 5.54 Å². The summed E-state index contributed by atoms with van der Waals surface area (Å²) in [4.78, 5) is 23.9. The molecule has 0 aliphatic carbocycles. The molecular weight excluding hydrogens is 320 g/mol. The Bertz CT molecular complexity index is 632. The summed E-state index contributed by atoms with van der Waals surface area (Å²) in [5.41, 5.74) is -1.41. The summed E-state index contributed by atoms with van der Waals surface area (Å²) < 4.78 is 0. The molecule has 0 saturated carbocycles. The van der Waals surface area contributed by atoms with Gasteiger partial charge >= 0.3 is 11.9 Å². The lowest BCUT2D eigenvalue weighted by atomic mass is 10.3. The van der Waals surface area contributed by atoms with E-state index in [0.29, 0.717) is 6.04 Å². The molecule has 0 unspecified atom stereocenters. The number of hydrogen-bond acceptors (Lipinski definition) is 2. The Morgan fingerprint density at radius 1 is 0.875 bits per heavy atom. The van der Waals surface area contributed by atoms with Crippen molar-refractivity contribution in [2.45, 2.75) is 31.4 Å². The molecule has 0 aliphatic rings. The molecule has 4 nitrogen and oxygen atoms in total. The molecule has 0 radical (unpaired) electrons. The summed E-state index contributed by atoms with van der Waals surface area (Å²) in [5, 5.41) is 21.2. The molecule has 0 spiro atoms. The van der Waals surface area contributed by atoms with Crippen molar-refractivity contribution in [2.75, 3.05) is 0 Å². The molecule has 2 N–H and O–H groups in total. The lowest BCUT2D eigenvalue weighted by Gasteiger charge is -2.36. The highest BCUT2D eigenvalue weighted by molar-refractivity contribution is 7.06. The van der Waals surface area contributed by atoms with E-state index in [1.54, 1.807) is 0 Å². The Kier molecular flexibility index (Phi) is 5.92. The average molecular weight is 342 g/mol. The van der Waals surface area contributed by atoms with Gasteiger partial charge in [0, 0.05) is 0 Å². The lowest BCUT2D eigenvalue weighted by Crippen LogP contribution is -2.64. The van der Waals surface area contributed by atoms with E-state index in [9.17, 15) is 19.8 Å². The fourth-order valence-electron chi connectivity index (χ4n) is 3.39. The van der Waals surface area contributed by atoms with Gasteiger partial charge in [-0.05, 0) is 6.04 Å². The Morgan fingerprint density at radius 3 is 1.62 bits per heavy atom. The number of hydrogen-bond donors (Lipinski definition) is 2. The van der Waals surface area contributed by atoms with Crippen LogP contribution in [0.25, 0.3) is 0 Å². The first-order chi connectivity index (χ1) is 11.5. The van der Waals surface area contributed by atoms with E-state index >= 15 is 0 Å². The molecule has 0 atom stereocenters. The van der Waals surface area contributed by atoms with Crippen molar-refractivity contribution in [3.8, 4) is 0 Å². The minimum Gasteiger partial charge on any atom is -0.481 e. The number of unbranched alkanes of at least 4 members (excludes halogenated alkanes) is 1. The standard InChI is InChI=1S/C19H22O4Si/c1-2-3-14-24(15-10-6-4-7-11-15,16-12-8-5-9-13-16)17(18(20)21)19(22)23/h4-13,17H,2-3,14H2,1H3,(H,20,21)(H,22,23). The van der Waals surface area contributed by atoms with Crippen molar-refractivity contribution < 1.29 is 19.8 Å². The first-order valence-electron chi connectivity index (χ1n) is 8.10. The van der Waals surface area contributed by atoms with Crippen LogP contribution in [0.5, 0.6) is 0 Å². The lowest BCUT2D eigenvalue weighted by molar-refractivity contribution is -0.147. The Balaban J connectivity index is 2.78. The molecule has 5 heteroatoms. The van der Waals surface area contributed by atoms with Crippen LogP contribution in [0, 0.1) is 0 Å². The largest absolute Gasteiger partial charge is 0.481 e. The summed E-state index contributed by atoms with van der Waals surface area (Å²) in [5.74, 6) is -2.50. The summed E-state index contributed by atoms with van der Waals surface area (Å²) in [6.07, 6.45) is 1.69. The third-order valence-corrected chi connectivity index (χ3v) is 9.84. The van der Waals surface area contributed by atoms with Crippen molar-refractivity contribution in [1.82, 2.24) is 0 Å². The smallest absolute Gasteiger partial charge is 0.315 e. The molecule has 126 valence electrons. The van der Waals surface area contributed by atoms with Crippen LogP contribution in [-0.2, 0) is 9.59 Å². The molecule has 0 heterocycles. The molecule has 2 rings (SSSR count). The van der Waals surface area contributed by atoms with Gasteiger partial charge < -0.3 is 10.2 Å². The predicted molar refractivity (Wildman–Crippen MR) is 96.6 cm³/mol. The van der Waals surface area contributed by atoms with Crippen molar-refractivity contribution >= 4 is 30.4 Å². The zero-order valence-electron chi connectivity index (χ0n) is 13.7. The van der Waals surface area contributed by atoms with Crippen LogP contribution < -0.4 is 10.4 Å². The van der Waals surface area contributed by atoms with E-state index in [1.807, 2.05) is 67.6 Å². The molecule has 0 aliphatic heterocycles. The zero-order valence-corrected chi connectivity index (χ0v) is 14.7. The summed E-state index contributed by atoms with van der Waals surface area (Å²) in [7, 11) is -3.02. The highest BCUT2D eigenvalue weighted by Gasteiger charge is 2.52. The molecule has 0 bridgehead atoms. The maximum atomic E-state index is 12.0. The van der Waals surface area contributed by atoms with E-state index in [1.165, 1.54) is 0 Å². The van der Waals surface area contributed by atoms with Gasteiger partial charge in [0.2, 0.25) is 0 Å². The normalized spacial score (nSPS) is 11.4. The molecule has 0 aromatic heterocycles. The van der Waals surface area contributed by atoms with Gasteiger partial charge in [0.05, 0.1) is 0 Å². The first-order valence-corrected chi connectivity index (χ1v) is 10.4. The first kappa shape index (κ1) is 17.9. The minimum atomic E-state index is -3.02. The summed E-state index contributed by atoms with van der Waals surface area (Å²) >= 11 is 0. The third-order valence-electron chi connectivity index (χ3n) is 4.49. The van der Waals surface area contributed by atoms with Gasteiger partial charge in [-0.25, -0.2) is 0 Å². The Hall–Kier alpha value is -2.40. The second kappa shape index (κ2) is 7.92. The molecule has 2 aromatic carbocycles. The number of rotatable bonds is 8. The van der Waals surface area contributed by atoms with Crippen molar-refractivity contribution in [3.63, 3.8) is 0 Å².